The van der Waals surface area contributed by atoms with Gasteiger partial charge >= 0.3 is 0 Å². The maximum Gasteiger partial charge on any atom is 0.262 e. The molecule has 1 amide bonds. The molecule has 0 radical (unpaired) electrons. The van der Waals surface area contributed by atoms with Crippen LogP contribution in [0.3, 0.4) is 0 Å². The van der Waals surface area contributed by atoms with E-state index < -0.39 is 0 Å². The van der Waals surface area contributed by atoms with Gasteiger partial charge in [0.25, 0.3) is 5.91 Å². The first-order valence-corrected chi connectivity index (χ1v) is 11.1. The minimum atomic E-state index is -0.258. The van der Waals surface area contributed by atoms with Crippen molar-refractivity contribution in [3.05, 3.63) is 90.3 Å². The number of benzene rings is 3. The van der Waals surface area contributed by atoms with Crippen molar-refractivity contribution in [1.29, 1.82) is 0 Å². The van der Waals surface area contributed by atoms with Crippen LogP contribution in [0.15, 0.2) is 78.9 Å². The largest absolute Gasteiger partial charge is 0.497 e. The lowest BCUT2D eigenvalue weighted by atomic mass is 10.2. The molecule has 8 heteroatoms. The minimum Gasteiger partial charge on any atom is -0.497 e. The Balaban J connectivity index is 1.33. The van der Waals surface area contributed by atoms with Crippen molar-refractivity contribution in [2.24, 2.45) is 0 Å². The number of amides is 1. The molecule has 4 rings (SSSR count). The fourth-order valence-electron chi connectivity index (χ4n) is 3.30. The SMILES string of the molecule is COc1cccc(OCC(=O)Nc2ccc(Nc3cc(Nc4ccc(C)cc4)nc(C)n3)cc2)c1. The highest BCUT2D eigenvalue weighted by Gasteiger charge is 2.07. The minimum absolute atomic E-state index is 0.107. The number of methoxy groups -OCH3 is 1. The van der Waals surface area contributed by atoms with Crippen LogP contribution in [0.5, 0.6) is 11.5 Å². The van der Waals surface area contributed by atoms with Crippen LogP contribution in [0.4, 0.5) is 28.7 Å². The lowest BCUT2D eigenvalue weighted by molar-refractivity contribution is -0.118. The van der Waals surface area contributed by atoms with Crippen molar-refractivity contribution in [2.75, 3.05) is 29.7 Å². The van der Waals surface area contributed by atoms with E-state index in [9.17, 15) is 4.79 Å². The zero-order valence-corrected chi connectivity index (χ0v) is 19.8. The van der Waals surface area contributed by atoms with Crippen LogP contribution in [0, 0.1) is 13.8 Å². The smallest absolute Gasteiger partial charge is 0.262 e. The van der Waals surface area contributed by atoms with Crippen molar-refractivity contribution in [3.8, 4) is 11.5 Å². The molecule has 8 nitrogen and oxygen atoms in total. The molecule has 4 aromatic rings. The molecule has 3 N–H and O–H groups in total. The van der Waals surface area contributed by atoms with E-state index in [-0.39, 0.29) is 12.5 Å². The summed E-state index contributed by atoms with van der Waals surface area (Å²) in [4.78, 5) is 21.2. The van der Waals surface area contributed by atoms with Crippen LogP contribution in [0.2, 0.25) is 0 Å². The molecule has 0 aliphatic heterocycles. The van der Waals surface area contributed by atoms with Gasteiger partial charge in [-0.15, -0.1) is 0 Å². The highest BCUT2D eigenvalue weighted by atomic mass is 16.5. The Hall–Kier alpha value is -4.59. The Morgan fingerprint density at radius 1 is 0.771 bits per heavy atom. The van der Waals surface area contributed by atoms with Gasteiger partial charge in [0, 0.05) is 29.2 Å². The van der Waals surface area contributed by atoms with Crippen molar-refractivity contribution < 1.29 is 14.3 Å². The molecule has 35 heavy (non-hydrogen) atoms. The number of hydrogen-bond donors (Lipinski definition) is 3. The normalized spacial score (nSPS) is 10.4. The maximum atomic E-state index is 12.3. The highest BCUT2D eigenvalue weighted by Crippen LogP contribution is 2.22. The number of ether oxygens (including phenoxy) is 2. The summed E-state index contributed by atoms with van der Waals surface area (Å²) in [5, 5.41) is 9.40. The average Bonchev–Trinajstić information content (AvgIpc) is 2.85. The summed E-state index contributed by atoms with van der Waals surface area (Å²) in [6.45, 7) is 3.79. The lowest BCUT2D eigenvalue weighted by Gasteiger charge is -2.11. The van der Waals surface area contributed by atoms with Crippen molar-refractivity contribution in [2.45, 2.75) is 13.8 Å². The van der Waals surface area contributed by atoms with E-state index in [1.807, 2.05) is 74.5 Å². The second-order valence-corrected chi connectivity index (χ2v) is 7.89. The zero-order valence-electron chi connectivity index (χ0n) is 19.8. The average molecular weight is 470 g/mol. The topological polar surface area (TPSA) is 97.4 Å². The molecule has 178 valence electrons. The van der Waals surface area contributed by atoms with E-state index in [4.69, 9.17) is 9.47 Å². The van der Waals surface area contributed by atoms with Gasteiger partial charge in [0.1, 0.15) is 29.0 Å². The molecule has 0 fully saturated rings. The molecule has 0 atom stereocenters. The molecule has 0 unspecified atom stereocenters. The number of nitrogens with one attached hydrogen (secondary N) is 3. The number of carbonyl (C=O) groups excluding carboxylic acids is 1. The second kappa shape index (κ2) is 11.0. The fraction of sp³-hybridized carbons (Fsp3) is 0.148. The van der Waals surface area contributed by atoms with Gasteiger partial charge in [0.2, 0.25) is 0 Å². The molecular weight excluding hydrogens is 442 g/mol. The van der Waals surface area contributed by atoms with Crippen LogP contribution >= 0.6 is 0 Å². The van der Waals surface area contributed by atoms with Gasteiger partial charge < -0.3 is 25.4 Å². The number of anilines is 5. The molecule has 1 aromatic heterocycles. The molecular formula is C27H27N5O3. The van der Waals surface area contributed by atoms with Crippen LogP contribution in [0.25, 0.3) is 0 Å². The third-order valence-electron chi connectivity index (χ3n) is 5.01. The predicted octanol–water partition coefficient (Wildman–Crippen LogP) is 5.61. The van der Waals surface area contributed by atoms with Gasteiger partial charge in [0.05, 0.1) is 7.11 Å². The van der Waals surface area contributed by atoms with E-state index in [2.05, 4.69) is 25.9 Å². The number of carbonyl (C=O) groups is 1. The van der Waals surface area contributed by atoms with E-state index in [1.54, 1.807) is 25.3 Å². The summed E-state index contributed by atoms with van der Waals surface area (Å²) < 4.78 is 10.7. The number of aromatic nitrogens is 2. The number of rotatable bonds is 9. The van der Waals surface area contributed by atoms with E-state index in [0.29, 0.717) is 34.6 Å². The first-order chi connectivity index (χ1) is 17.0. The zero-order chi connectivity index (χ0) is 24.6. The van der Waals surface area contributed by atoms with Crippen molar-refractivity contribution >= 4 is 34.6 Å². The van der Waals surface area contributed by atoms with Crippen molar-refractivity contribution in [3.63, 3.8) is 0 Å². The standard InChI is InChI=1S/C27H27N5O3/c1-18-7-9-20(10-8-18)30-25-16-26(29-19(2)28-25)31-21-11-13-22(14-12-21)32-27(33)17-35-24-6-4-5-23(15-24)34-3/h4-16H,17H2,1-3H3,(H,32,33)(H2,28,29,30,31). The molecule has 0 saturated heterocycles. The van der Waals surface area contributed by atoms with Crippen LogP contribution in [-0.2, 0) is 4.79 Å². The summed E-state index contributed by atoms with van der Waals surface area (Å²) in [7, 11) is 1.58. The number of nitrogens with zero attached hydrogens (tertiary/aromatic N) is 2. The van der Waals surface area contributed by atoms with Gasteiger partial charge in [-0.25, -0.2) is 9.97 Å². The third kappa shape index (κ3) is 6.94. The van der Waals surface area contributed by atoms with Gasteiger partial charge in [-0.1, -0.05) is 23.8 Å². The molecule has 3 aromatic carbocycles. The lowest BCUT2D eigenvalue weighted by Crippen LogP contribution is -2.20. The first kappa shape index (κ1) is 23.6. The monoisotopic (exact) mass is 469 g/mol. The first-order valence-electron chi connectivity index (χ1n) is 11.1. The summed E-state index contributed by atoms with van der Waals surface area (Å²) in [6, 6.07) is 24.4. The quantitative estimate of drug-likeness (QED) is 0.293. The summed E-state index contributed by atoms with van der Waals surface area (Å²) in [5.41, 5.74) is 3.64. The molecule has 0 spiro atoms. The van der Waals surface area contributed by atoms with Crippen molar-refractivity contribution in [1.82, 2.24) is 9.97 Å². The van der Waals surface area contributed by atoms with E-state index >= 15 is 0 Å². The van der Waals surface area contributed by atoms with Gasteiger partial charge in [-0.3, -0.25) is 4.79 Å². The second-order valence-electron chi connectivity index (χ2n) is 7.89. The Morgan fingerprint density at radius 2 is 1.34 bits per heavy atom. The number of aryl methyl sites for hydroxylation is 2. The van der Waals surface area contributed by atoms with Crippen LogP contribution in [0.1, 0.15) is 11.4 Å². The van der Waals surface area contributed by atoms with E-state index in [0.717, 1.165) is 11.4 Å². The Labute approximate surface area is 204 Å². The fourth-order valence-corrected chi connectivity index (χ4v) is 3.30. The Kier molecular flexibility index (Phi) is 7.42. The van der Waals surface area contributed by atoms with Gasteiger partial charge in [-0.2, -0.15) is 0 Å². The molecule has 0 saturated carbocycles. The van der Waals surface area contributed by atoms with Crippen LogP contribution in [-0.4, -0.2) is 29.6 Å². The summed E-state index contributed by atoms with van der Waals surface area (Å²) >= 11 is 0. The van der Waals surface area contributed by atoms with Gasteiger partial charge in [-0.05, 0) is 62.4 Å². The summed E-state index contributed by atoms with van der Waals surface area (Å²) in [6.07, 6.45) is 0. The van der Waals surface area contributed by atoms with Gasteiger partial charge in [0.15, 0.2) is 6.61 Å². The highest BCUT2D eigenvalue weighted by molar-refractivity contribution is 5.92. The predicted molar refractivity (Wildman–Crippen MR) is 138 cm³/mol. The molecule has 0 bridgehead atoms. The third-order valence-corrected chi connectivity index (χ3v) is 5.01. The van der Waals surface area contributed by atoms with E-state index in [1.165, 1.54) is 5.56 Å². The molecule has 0 aliphatic rings. The molecule has 0 aliphatic carbocycles. The van der Waals surface area contributed by atoms with Crippen LogP contribution < -0.4 is 25.4 Å². The Morgan fingerprint density at radius 3 is 1.97 bits per heavy atom. The number of hydrogen-bond acceptors (Lipinski definition) is 7. The Bertz CT molecular complexity index is 1290. The summed E-state index contributed by atoms with van der Waals surface area (Å²) in [5.74, 6) is 2.98. The molecule has 1 heterocycles. The maximum absolute atomic E-state index is 12.3.